The number of nitrogens with zero attached hydrogens (tertiary/aromatic N) is 2. The van der Waals surface area contributed by atoms with E-state index in [1.165, 1.54) is 0 Å². The van der Waals surface area contributed by atoms with Crippen molar-refractivity contribution in [3.05, 3.63) is 33.8 Å². The molecule has 0 aliphatic rings. The molecule has 0 unspecified atom stereocenters. The molecule has 0 fully saturated rings. The SMILES string of the molecule is N#Cc1c(-c2c(F)cc(Br)cc2F)n[nH]c1N. The van der Waals surface area contributed by atoms with Gasteiger partial charge in [-0.2, -0.15) is 10.4 Å². The summed E-state index contributed by atoms with van der Waals surface area (Å²) in [7, 11) is 0. The van der Waals surface area contributed by atoms with Gasteiger partial charge in [-0.25, -0.2) is 8.78 Å². The topological polar surface area (TPSA) is 78.5 Å². The molecule has 0 bridgehead atoms. The second kappa shape index (κ2) is 4.14. The third-order valence-electron chi connectivity index (χ3n) is 2.15. The second-order valence-corrected chi connectivity index (χ2v) is 4.13. The Bertz CT molecular complexity index is 607. The lowest BCUT2D eigenvalue weighted by Crippen LogP contribution is -1.93. The van der Waals surface area contributed by atoms with Gasteiger partial charge in [-0.15, -0.1) is 0 Å². The number of nitrogens with one attached hydrogen (secondary N) is 1. The van der Waals surface area contributed by atoms with Crippen molar-refractivity contribution >= 4 is 21.7 Å². The number of nitrogens with two attached hydrogens (primary N) is 1. The van der Waals surface area contributed by atoms with Crippen LogP contribution in [0.25, 0.3) is 11.3 Å². The maximum absolute atomic E-state index is 13.6. The number of aromatic nitrogens is 2. The molecule has 2 aromatic rings. The van der Waals surface area contributed by atoms with Crippen molar-refractivity contribution in [2.24, 2.45) is 0 Å². The van der Waals surface area contributed by atoms with Gasteiger partial charge in [0.15, 0.2) is 0 Å². The number of aromatic amines is 1. The first-order valence-electron chi connectivity index (χ1n) is 4.43. The third kappa shape index (κ3) is 1.87. The van der Waals surface area contributed by atoms with Crippen molar-refractivity contribution in [2.45, 2.75) is 0 Å². The summed E-state index contributed by atoms with van der Waals surface area (Å²) in [5.74, 6) is -1.66. The van der Waals surface area contributed by atoms with Gasteiger partial charge >= 0.3 is 0 Å². The molecule has 4 nitrogen and oxygen atoms in total. The minimum absolute atomic E-state index is 0.0239. The summed E-state index contributed by atoms with van der Waals surface area (Å²) >= 11 is 2.96. The van der Waals surface area contributed by atoms with Crippen LogP contribution in [0.2, 0.25) is 0 Å². The molecule has 0 amide bonds. The molecular formula is C10H5BrF2N4. The van der Waals surface area contributed by atoms with Crippen LogP contribution in [0.1, 0.15) is 5.56 Å². The Kier molecular flexibility index (Phi) is 2.81. The Morgan fingerprint density at radius 2 is 1.94 bits per heavy atom. The first kappa shape index (κ1) is 11.5. The molecule has 0 spiro atoms. The molecule has 1 heterocycles. The maximum Gasteiger partial charge on any atom is 0.137 e. The van der Waals surface area contributed by atoms with Crippen LogP contribution in [-0.2, 0) is 0 Å². The Morgan fingerprint density at radius 3 is 2.47 bits per heavy atom. The molecule has 7 heteroatoms. The quantitative estimate of drug-likeness (QED) is 0.849. The fourth-order valence-electron chi connectivity index (χ4n) is 1.42. The van der Waals surface area contributed by atoms with Gasteiger partial charge in [0.05, 0.1) is 5.56 Å². The molecule has 17 heavy (non-hydrogen) atoms. The van der Waals surface area contributed by atoms with Gasteiger partial charge in [0.2, 0.25) is 0 Å². The lowest BCUT2D eigenvalue weighted by Gasteiger charge is -2.03. The predicted octanol–water partition coefficient (Wildman–Crippen LogP) is 2.57. The number of rotatable bonds is 1. The van der Waals surface area contributed by atoms with Gasteiger partial charge in [0, 0.05) is 4.47 Å². The first-order chi connectivity index (χ1) is 8.04. The van der Waals surface area contributed by atoms with E-state index in [-0.39, 0.29) is 27.1 Å². The van der Waals surface area contributed by atoms with Crippen molar-refractivity contribution < 1.29 is 8.78 Å². The number of halogens is 3. The van der Waals surface area contributed by atoms with Crippen LogP contribution in [-0.4, -0.2) is 10.2 Å². The Labute approximate surface area is 103 Å². The third-order valence-corrected chi connectivity index (χ3v) is 2.61. The molecule has 0 aliphatic carbocycles. The van der Waals surface area contributed by atoms with E-state index in [1.54, 1.807) is 6.07 Å². The van der Waals surface area contributed by atoms with Crippen LogP contribution >= 0.6 is 15.9 Å². The van der Waals surface area contributed by atoms with E-state index in [4.69, 9.17) is 11.0 Å². The molecule has 1 aromatic heterocycles. The molecule has 0 atom stereocenters. The molecule has 0 radical (unpaired) electrons. The number of H-pyrrole nitrogens is 1. The highest BCUT2D eigenvalue weighted by atomic mass is 79.9. The standard InChI is InChI=1S/C10H5BrF2N4/c11-4-1-6(12)8(7(13)2-4)9-5(3-14)10(15)17-16-9/h1-2H,(H3,15,16,17). The highest BCUT2D eigenvalue weighted by molar-refractivity contribution is 9.10. The molecule has 3 N–H and O–H groups in total. The second-order valence-electron chi connectivity index (χ2n) is 3.22. The van der Waals surface area contributed by atoms with E-state index in [2.05, 4.69) is 26.1 Å². The smallest absolute Gasteiger partial charge is 0.137 e. The van der Waals surface area contributed by atoms with Gasteiger partial charge in [0.25, 0.3) is 0 Å². The zero-order valence-electron chi connectivity index (χ0n) is 8.26. The highest BCUT2D eigenvalue weighted by Gasteiger charge is 2.20. The van der Waals surface area contributed by atoms with Gasteiger partial charge in [-0.05, 0) is 12.1 Å². The van der Waals surface area contributed by atoms with Crippen LogP contribution in [0.4, 0.5) is 14.6 Å². The van der Waals surface area contributed by atoms with E-state index in [0.717, 1.165) is 12.1 Å². The zero-order valence-corrected chi connectivity index (χ0v) is 9.85. The van der Waals surface area contributed by atoms with E-state index in [9.17, 15) is 8.78 Å². The van der Waals surface area contributed by atoms with Gasteiger partial charge in [0.1, 0.15) is 34.8 Å². The molecule has 86 valence electrons. The van der Waals surface area contributed by atoms with Crippen molar-refractivity contribution in [1.82, 2.24) is 10.2 Å². The van der Waals surface area contributed by atoms with Crippen LogP contribution < -0.4 is 5.73 Å². The Morgan fingerprint density at radius 1 is 1.35 bits per heavy atom. The van der Waals surface area contributed by atoms with Crippen molar-refractivity contribution in [1.29, 1.82) is 5.26 Å². The average molecular weight is 299 g/mol. The Hall–Kier alpha value is -1.94. The lowest BCUT2D eigenvalue weighted by atomic mass is 10.1. The van der Waals surface area contributed by atoms with Crippen molar-refractivity contribution in [2.75, 3.05) is 5.73 Å². The molecule has 2 rings (SSSR count). The fraction of sp³-hybridized carbons (Fsp3) is 0. The van der Waals surface area contributed by atoms with Crippen molar-refractivity contribution in [3.63, 3.8) is 0 Å². The minimum Gasteiger partial charge on any atom is -0.383 e. The molecule has 0 saturated carbocycles. The largest absolute Gasteiger partial charge is 0.383 e. The number of anilines is 1. The van der Waals surface area contributed by atoms with Crippen molar-refractivity contribution in [3.8, 4) is 17.3 Å². The summed E-state index contributed by atoms with van der Waals surface area (Å²) in [6, 6.07) is 3.92. The van der Waals surface area contributed by atoms with Gasteiger partial charge in [-0.1, -0.05) is 15.9 Å². The van der Waals surface area contributed by atoms with Crippen LogP contribution in [0.15, 0.2) is 16.6 Å². The summed E-state index contributed by atoms with van der Waals surface area (Å²) in [4.78, 5) is 0. The maximum atomic E-state index is 13.6. The first-order valence-corrected chi connectivity index (χ1v) is 5.22. The number of hydrogen-bond acceptors (Lipinski definition) is 3. The zero-order chi connectivity index (χ0) is 12.6. The highest BCUT2D eigenvalue weighted by Crippen LogP contribution is 2.31. The van der Waals surface area contributed by atoms with E-state index >= 15 is 0 Å². The van der Waals surface area contributed by atoms with Gasteiger partial charge < -0.3 is 5.73 Å². The number of hydrogen-bond donors (Lipinski definition) is 2. The summed E-state index contributed by atoms with van der Waals surface area (Å²) in [5, 5.41) is 14.8. The van der Waals surface area contributed by atoms with E-state index < -0.39 is 11.6 Å². The summed E-state index contributed by atoms with van der Waals surface area (Å²) in [6.45, 7) is 0. The Balaban J connectivity index is 2.74. The number of nitriles is 1. The molecular weight excluding hydrogens is 294 g/mol. The van der Waals surface area contributed by atoms with Gasteiger partial charge in [-0.3, -0.25) is 5.10 Å². The summed E-state index contributed by atoms with van der Waals surface area (Å²) in [6.07, 6.45) is 0. The van der Waals surface area contributed by atoms with E-state index in [1.807, 2.05) is 0 Å². The van der Waals surface area contributed by atoms with Crippen LogP contribution in [0, 0.1) is 23.0 Å². The number of nitrogen functional groups attached to an aromatic ring is 1. The normalized spacial score (nSPS) is 10.2. The molecule has 0 saturated heterocycles. The van der Waals surface area contributed by atoms with Crippen LogP contribution in [0.3, 0.4) is 0 Å². The summed E-state index contributed by atoms with van der Waals surface area (Å²) < 4.78 is 27.6. The molecule has 1 aromatic carbocycles. The lowest BCUT2D eigenvalue weighted by molar-refractivity contribution is 0.587. The van der Waals surface area contributed by atoms with Crippen LogP contribution in [0.5, 0.6) is 0 Å². The fourth-order valence-corrected chi connectivity index (χ4v) is 1.82. The average Bonchev–Trinajstić information content (AvgIpc) is 2.58. The van der Waals surface area contributed by atoms with E-state index in [0.29, 0.717) is 0 Å². The summed E-state index contributed by atoms with van der Waals surface area (Å²) in [5.41, 5.74) is 4.84. The monoisotopic (exact) mass is 298 g/mol. The molecule has 0 aliphatic heterocycles. The number of benzene rings is 1. The minimum atomic E-state index is -0.820. The predicted molar refractivity (Wildman–Crippen MR) is 60.8 cm³/mol.